The molecule has 1 aromatic carbocycles. The van der Waals surface area contributed by atoms with E-state index in [4.69, 9.17) is 0 Å². The molecule has 0 spiro atoms. The SMILES string of the molecule is Fc1[c-]ccc(CCC2CCC(C3CCCCC3)CC2)c1F.[Re]. The summed E-state index contributed by atoms with van der Waals surface area (Å²) in [5, 5.41) is 0. The van der Waals surface area contributed by atoms with Crippen molar-refractivity contribution in [2.24, 2.45) is 17.8 Å². The standard InChI is InChI=1S/C20H27F2.Re/c21-19-8-4-7-18(20(19)22)14-11-15-9-12-17(13-10-15)16-5-2-1-3-6-16;/h4,7,15-17H,1-3,5-6,9-14H2;/q-1;. The summed E-state index contributed by atoms with van der Waals surface area (Å²) >= 11 is 0. The number of rotatable bonds is 4. The maximum Gasteiger partial charge on any atom is 0.0466 e. The minimum Gasteiger partial charge on any atom is -0.281 e. The normalized spacial score (nSPS) is 25.8. The summed E-state index contributed by atoms with van der Waals surface area (Å²) in [6.45, 7) is 0. The molecule has 0 nitrogen and oxygen atoms in total. The van der Waals surface area contributed by atoms with Crippen LogP contribution in [0.25, 0.3) is 0 Å². The zero-order valence-electron chi connectivity index (χ0n) is 13.8. The van der Waals surface area contributed by atoms with Gasteiger partial charge in [-0.3, -0.25) is 4.39 Å². The van der Waals surface area contributed by atoms with E-state index in [1.54, 1.807) is 6.07 Å². The fourth-order valence-electron chi connectivity index (χ4n) is 4.60. The Labute approximate surface area is 153 Å². The van der Waals surface area contributed by atoms with Crippen molar-refractivity contribution < 1.29 is 29.2 Å². The summed E-state index contributed by atoms with van der Waals surface area (Å²) in [6, 6.07) is 5.44. The second-order valence-electron chi connectivity index (χ2n) is 7.35. The Kier molecular flexibility index (Phi) is 7.70. The molecule has 0 aliphatic heterocycles. The maximum atomic E-state index is 13.7. The first-order chi connectivity index (χ1) is 10.7. The molecule has 0 N–H and O–H groups in total. The monoisotopic (exact) mass is 492 g/mol. The van der Waals surface area contributed by atoms with Gasteiger partial charge in [0.1, 0.15) is 0 Å². The molecular weight excluding hydrogens is 464 g/mol. The molecule has 0 bridgehead atoms. The number of aryl methyl sites for hydroxylation is 1. The van der Waals surface area contributed by atoms with Gasteiger partial charge in [-0.1, -0.05) is 44.9 Å². The Hall–Kier alpha value is -0.258. The molecule has 2 saturated carbocycles. The minimum atomic E-state index is -0.835. The van der Waals surface area contributed by atoms with Gasteiger partial charge < -0.3 is 0 Å². The van der Waals surface area contributed by atoms with E-state index in [1.165, 1.54) is 63.9 Å². The van der Waals surface area contributed by atoms with Gasteiger partial charge >= 0.3 is 0 Å². The van der Waals surface area contributed by atoms with Crippen molar-refractivity contribution in [1.29, 1.82) is 0 Å². The largest absolute Gasteiger partial charge is 0.281 e. The Bertz CT molecular complexity index is 475. The second kappa shape index (κ2) is 9.28. The van der Waals surface area contributed by atoms with E-state index in [0.29, 0.717) is 17.9 Å². The van der Waals surface area contributed by atoms with Crippen molar-refractivity contribution in [3.8, 4) is 0 Å². The fourth-order valence-corrected chi connectivity index (χ4v) is 4.60. The van der Waals surface area contributed by atoms with Crippen LogP contribution in [0.4, 0.5) is 8.78 Å². The van der Waals surface area contributed by atoms with Crippen LogP contribution in [0.15, 0.2) is 12.1 Å². The van der Waals surface area contributed by atoms with Gasteiger partial charge in [-0.2, -0.15) is 12.1 Å². The summed E-state index contributed by atoms with van der Waals surface area (Å²) in [5.74, 6) is 1.09. The Morgan fingerprint density at radius 1 is 0.913 bits per heavy atom. The molecule has 3 heteroatoms. The van der Waals surface area contributed by atoms with Crippen molar-refractivity contribution in [2.45, 2.75) is 70.6 Å². The quantitative estimate of drug-likeness (QED) is 0.448. The molecule has 0 saturated heterocycles. The van der Waals surface area contributed by atoms with Gasteiger partial charge in [-0.05, 0) is 43.4 Å². The van der Waals surface area contributed by atoms with Crippen LogP contribution in [0.1, 0.15) is 69.8 Å². The molecule has 23 heavy (non-hydrogen) atoms. The summed E-state index contributed by atoms with van der Waals surface area (Å²) in [7, 11) is 0. The zero-order chi connectivity index (χ0) is 15.4. The van der Waals surface area contributed by atoms with Crippen LogP contribution in [0.5, 0.6) is 0 Å². The number of halogens is 2. The second-order valence-corrected chi connectivity index (χ2v) is 7.35. The van der Waals surface area contributed by atoms with Gasteiger partial charge in [-0.15, -0.1) is 11.6 Å². The Morgan fingerprint density at radius 3 is 2.26 bits per heavy atom. The molecule has 0 unspecified atom stereocenters. The van der Waals surface area contributed by atoms with E-state index < -0.39 is 11.6 Å². The molecule has 0 heterocycles. The smallest absolute Gasteiger partial charge is 0.0466 e. The Balaban J connectivity index is 0.00000192. The molecule has 1 aromatic rings. The average Bonchev–Trinajstić information content (AvgIpc) is 2.57. The number of hydrogen-bond acceptors (Lipinski definition) is 0. The fraction of sp³-hybridized carbons (Fsp3) is 0.700. The van der Waals surface area contributed by atoms with Gasteiger partial charge in [0.05, 0.1) is 0 Å². The van der Waals surface area contributed by atoms with E-state index in [0.717, 1.165) is 18.3 Å². The van der Waals surface area contributed by atoms with Gasteiger partial charge in [0.2, 0.25) is 0 Å². The van der Waals surface area contributed by atoms with Crippen LogP contribution >= 0.6 is 0 Å². The number of hydrogen-bond donors (Lipinski definition) is 0. The minimum absolute atomic E-state index is 0. The van der Waals surface area contributed by atoms with Gasteiger partial charge in [0.15, 0.2) is 0 Å². The number of benzene rings is 1. The molecule has 0 amide bonds. The average molecular weight is 492 g/mol. The van der Waals surface area contributed by atoms with E-state index in [1.807, 2.05) is 0 Å². The summed E-state index contributed by atoms with van der Waals surface area (Å²) < 4.78 is 26.8. The summed E-state index contributed by atoms with van der Waals surface area (Å²) in [6.07, 6.45) is 14.1. The first-order valence-corrected chi connectivity index (χ1v) is 9.08. The van der Waals surface area contributed by atoms with Crippen molar-refractivity contribution in [1.82, 2.24) is 0 Å². The predicted octanol–water partition coefficient (Wildman–Crippen LogP) is 6.08. The molecule has 0 atom stereocenters. The van der Waals surface area contributed by atoms with Crippen LogP contribution < -0.4 is 0 Å². The topological polar surface area (TPSA) is 0 Å². The third-order valence-electron chi connectivity index (χ3n) is 6.00. The first kappa shape index (κ1) is 19.1. The molecule has 3 rings (SSSR count). The van der Waals surface area contributed by atoms with Crippen molar-refractivity contribution in [3.63, 3.8) is 0 Å². The van der Waals surface area contributed by atoms with E-state index in [2.05, 4.69) is 6.07 Å². The summed E-state index contributed by atoms with van der Waals surface area (Å²) in [4.78, 5) is 0. The van der Waals surface area contributed by atoms with Crippen LogP contribution in [0.3, 0.4) is 0 Å². The predicted molar refractivity (Wildman–Crippen MR) is 85.5 cm³/mol. The first-order valence-electron chi connectivity index (χ1n) is 9.08. The molecule has 129 valence electrons. The van der Waals surface area contributed by atoms with Gasteiger partial charge in [0.25, 0.3) is 0 Å². The third kappa shape index (κ3) is 5.11. The van der Waals surface area contributed by atoms with E-state index >= 15 is 0 Å². The molecule has 2 fully saturated rings. The van der Waals surface area contributed by atoms with Crippen LogP contribution in [0, 0.1) is 35.5 Å². The summed E-state index contributed by atoms with van der Waals surface area (Å²) in [5.41, 5.74) is 0.519. The van der Waals surface area contributed by atoms with Crippen LogP contribution in [-0.4, -0.2) is 0 Å². The maximum absolute atomic E-state index is 13.7. The zero-order valence-corrected chi connectivity index (χ0v) is 16.5. The Morgan fingerprint density at radius 2 is 1.57 bits per heavy atom. The third-order valence-corrected chi connectivity index (χ3v) is 6.00. The van der Waals surface area contributed by atoms with Crippen molar-refractivity contribution in [2.75, 3.05) is 0 Å². The van der Waals surface area contributed by atoms with Gasteiger partial charge in [-0.25, -0.2) is 4.39 Å². The van der Waals surface area contributed by atoms with Crippen LogP contribution in [-0.2, 0) is 26.8 Å². The van der Waals surface area contributed by atoms with Crippen molar-refractivity contribution >= 4 is 0 Å². The molecule has 1 radical (unpaired) electrons. The van der Waals surface area contributed by atoms with E-state index in [9.17, 15) is 8.78 Å². The van der Waals surface area contributed by atoms with Crippen LogP contribution in [0.2, 0.25) is 0 Å². The van der Waals surface area contributed by atoms with Gasteiger partial charge in [0, 0.05) is 32.1 Å². The molecule has 2 aliphatic rings. The molecule has 0 aromatic heterocycles. The van der Waals surface area contributed by atoms with Crippen molar-refractivity contribution in [3.05, 3.63) is 35.4 Å². The molecular formula is C20H27F2Re-. The molecule has 2 aliphatic carbocycles. The van der Waals surface area contributed by atoms with E-state index in [-0.39, 0.29) is 20.4 Å².